The van der Waals surface area contributed by atoms with Crippen LogP contribution in [0.25, 0.3) is 0 Å². The Labute approximate surface area is 117 Å². The molecule has 2 atom stereocenters. The number of hydrogen-bond donors (Lipinski definition) is 2. The number of carbonyl (C=O) groups is 1. The van der Waals surface area contributed by atoms with Crippen LogP contribution < -0.4 is 10.6 Å². The van der Waals surface area contributed by atoms with Crippen molar-refractivity contribution < 1.29 is 9.72 Å². The minimum absolute atomic E-state index is 0.0262. The lowest BCUT2D eigenvalue weighted by atomic mass is 10.0. The Morgan fingerprint density at radius 1 is 1.40 bits per heavy atom. The highest BCUT2D eigenvalue weighted by atomic mass is 16.6. The molecule has 0 saturated carbocycles. The summed E-state index contributed by atoms with van der Waals surface area (Å²) in [5.41, 5.74) is 1.96. The van der Waals surface area contributed by atoms with E-state index < -0.39 is 4.92 Å². The summed E-state index contributed by atoms with van der Waals surface area (Å²) in [6.45, 7) is 6.37. The van der Waals surface area contributed by atoms with Crippen LogP contribution in [0.15, 0.2) is 12.1 Å². The van der Waals surface area contributed by atoms with Gasteiger partial charge in [0.05, 0.1) is 16.7 Å². The van der Waals surface area contributed by atoms with Gasteiger partial charge in [0, 0.05) is 11.6 Å². The van der Waals surface area contributed by atoms with E-state index in [2.05, 4.69) is 10.6 Å². The molecule has 1 aromatic carbocycles. The highest BCUT2D eigenvalue weighted by Crippen LogP contribution is 2.27. The standard InChI is InChI=1S/C14H19N3O3/c1-8-4-5-15-13(8)14(18)16-11-7-12(17(19)20)10(3)6-9(11)2/h6-8,13,15H,4-5H2,1-3H3,(H,16,18). The highest BCUT2D eigenvalue weighted by molar-refractivity contribution is 5.96. The van der Waals surface area contributed by atoms with E-state index in [9.17, 15) is 14.9 Å². The van der Waals surface area contributed by atoms with E-state index >= 15 is 0 Å². The molecule has 0 aromatic heterocycles. The second-order valence-corrected chi connectivity index (χ2v) is 5.40. The second kappa shape index (κ2) is 5.58. The lowest BCUT2D eigenvalue weighted by molar-refractivity contribution is -0.385. The number of carbonyl (C=O) groups excluding carboxylic acids is 1. The predicted octanol–water partition coefficient (Wildman–Crippen LogP) is 2.15. The maximum atomic E-state index is 12.2. The molecular weight excluding hydrogens is 258 g/mol. The quantitative estimate of drug-likeness (QED) is 0.655. The van der Waals surface area contributed by atoms with Gasteiger partial charge in [0.15, 0.2) is 0 Å². The Hall–Kier alpha value is -1.95. The van der Waals surface area contributed by atoms with Crippen LogP contribution in [0.4, 0.5) is 11.4 Å². The van der Waals surface area contributed by atoms with Crippen LogP contribution in [0.5, 0.6) is 0 Å². The molecule has 0 bridgehead atoms. The van der Waals surface area contributed by atoms with E-state index in [0.717, 1.165) is 18.5 Å². The number of nitrogens with one attached hydrogen (secondary N) is 2. The Morgan fingerprint density at radius 3 is 2.65 bits per heavy atom. The number of anilines is 1. The maximum absolute atomic E-state index is 12.2. The zero-order valence-electron chi connectivity index (χ0n) is 11.9. The number of amides is 1. The topological polar surface area (TPSA) is 84.3 Å². The van der Waals surface area contributed by atoms with E-state index in [0.29, 0.717) is 11.3 Å². The van der Waals surface area contributed by atoms with Crippen LogP contribution in [0.3, 0.4) is 0 Å². The minimum Gasteiger partial charge on any atom is -0.324 e. The van der Waals surface area contributed by atoms with Crippen LogP contribution in [0.1, 0.15) is 24.5 Å². The van der Waals surface area contributed by atoms with Crippen molar-refractivity contribution >= 4 is 17.3 Å². The first-order valence-corrected chi connectivity index (χ1v) is 6.70. The van der Waals surface area contributed by atoms with Gasteiger partial charge < -0.3 is 10.6 Å². The molecule has 20 heavy (non-hydrogen) atoms. The summed E-state index contributed by atoms with van der Waals surface area (Å²) in [5, 5.41) is 16.9. The SMILES string of the molecule is Cc1cc(C)c([N+](=O)[O-])cc1NC(=O)C1NCCC1C. The number of benzene rings is 1. The molecule has 1 amide bonds. The van der Waals surface area contributed by atoms with Crippen molar-refractivity contribution in [3.8, 4) is 0 Å². The molecule has 2 N–H and O–H groups in total. The van der Waals surface area contributed by atoms with Crippen molar-refractivity contribution in [3.63, 3.8) is 0 Å². The average Bonchev–Trinajstić information content (AvgIpc) is 2.78. The summed E-state index contributed by atoms with van der Waals surface area (Å²) < 4.78 is 0. The van der Waals surface area contributed by atoms with Gasteiger partial charge in [-0.2, -0.15) is 0 Å². The van der Waals surface area contributed by atoms with Crippen molar-refractivity contribution in [2.45, 2.75) is 33.2 Å². The number of aryl methyl sites for hydroxylation is 2. The minimum atomic E-state index is -0.430. The Kier molecular flexibility index (Phi) is 4.04. The molecule has 1 aromatic rings. The first-order valence-electron chi connectivity index (χ1n) is 6.70. The summed E-state index contributed by atoms with van der Waals surface area (Å²) in [5.74, 6) is 0.145. The second-order valence-electron chi connectivity index (χ2n) is 5.40. The van der Waals surface area contributed by atoms with Gasteiger partial charge in [0.25, 0.3) is 5.69 Å². The van der Waals surface area contributed by atoms with Gasteiger partial charge in [-0.05, 0) is 44.4 Å². The molecule has 2 unspecified atom stereocenters. The molecule has 0 radical (unpaired) electrons. The van der Waals surface area contributed by atoms with Crippen molar-refractivity contribution in [1.82, 2.24) is 5.32 Å². The third-order valence-electron chi connectivity index (χ3n) is 3.81. The van der Waals surface area contributed by atoms with Gasteiger partial charge in [-0.15, -0.1) is 0 Å². The number of nitro groups is 1. The first kappa shape index (κ1) is 14.5. The maximum Gasteiger partial charge on any atom is 0.274 e. The van der Waals surface area contributed by atoms with Crippen LogP contribution in [0.2, 0.25) is 0 Å². The molecule has 1 fully saturated rings. The van der Waals surface area contributed by atoms with Gasteiger partial charge in [0.1, 0.15) is 0 Å². The molecule has 0 spiro atoms. The van der Waals surface area contributed by atoms with Crippen molar-refractivity contribution in [2.24, 2.45) is 5.92 Å². The molecule has 1 aliphatic rings. The fourth-order valence-electron chi connectivity index (χ4n) is 2.57. The monoisotopic (exact) mass is 277 g/mol. The Morgan fingerprint density at radius 2 is 2.10 bits per heavy atom. The molecule has 1 aliphatic heterocycles. The van der Waals surface area contributed by atoms with Crippen LogP contribution in [-0.4, -0.2) is 23.4 Å². The van der Waals surface area contributed by atoms with Crippen LogP contribution in [-0.2, 0) is 4.79 Å². The molecule has 1 heterocycles. The van der Waals surface area contributed by atoms with Gasteiger partial charge >= 0.3 is 0 Å². The van der Waals surface area contributed by atoms with E-state index in [1.807, 2.05) is 13.8 Å². The Balaban J connectivity index is 2.22. The number of rotatable bonds is 3. The summed E-state index contributed by atoms with van der Waals surface area (Å²) in [4.78, 5) is 22.7. The zero-order chi connectivity index (χ0) is 14.9. The van der Waals surface area contributed by atoms with E-state index in [1.54, 1.807) is 13.0 Å². The fourth-order valence-corrected chi connectivity index (χ4v) is 2.57. The molecular formula is C14H19N3O3. The summed E-state index contributed by atoms with van der Waals surface area (Å²) in [7, 11) is 0. The van der Waals surface area contributed by atoms with Crippen LogP contribution >= 0.6 is 0 Å². The van der Waals surface area contributed by atoms with E-state index in [4.69, 9.17) is 0 Å². The predicted molar refractivity (Wildman–Crippen MR) is 76.8 cm³/mol. The Bertz CT molecular complexity index is 557. The zero-order valence-corrected chi connectivity index (χ0v) is 11.9. The first-order chi connectivity index (χ1) is 9.40. The summed E-state index contributed by atoms with van der Waals surface area (Å²) in [6.07, 6.45) is 0.963. The number of nitrogens with zero attached hydrogens (tertiary/aromatic N) is 1. The molecule has 6 heteroatoms. The molecule has 6 nitrogen and oxygen atoms in total. The van der Waals surface area contributed by atoms with Gasteiger partial charge in [-0.3, -0.25) is 14.9 Å². The number of nitro benzene ring substituents is 1. The third-order valence-corrected chi connectivity index (χ3v) is 3.81. The van der Waals surface area contributed by atoms with E-state index in [1.165, 1.54) is 6.07 Å². The largest absolute Gasteiger partial charge is 0.324 e. The van der Waals surface area contributed by atoms with Gasteiger partial charge in [-0.1, -0.05) is 6.92 Å². The highest BCUT2D eigenvalue weighted by Gasteiger charge is 2.29. The van der Waals surface area contributed by atoms with Gasteiger partial charge in [0.2, 0.25) is 5.91 Å². The van der Waals surface area contributed by atoms with Crippen molar-refractivity contribution in [1.29, 1.82) is 0 Å². The average molecular weight is 277 g/mol. The molecule has 2 rings (SSSR count). The number of hydrogen-bond acceptors (Lipinski definition) is 4. The lowest BCUT2D eigenvalue weighted by Crippen LogP contribution is -2.39. The summed E-state index contributed by atoms with van der Waals surface area (Å²) in [6, 6.07) is 2.93. The van der Waals surface area contributed by atoms with Gasteiger partial charge in [-0.25, -0.2) is 0 Å². The van der Waals surface area contributed by atoms with Crippen LogP contribution in [0, 0.1) is 29.9 Å². The molecule has 1 saturated heterocycles. The summed E-state index contributed by atoms with van der Waals surface area (Å²) >= 11 is 0. The normalized spacial score (nSPS) is 21.8. The lowest BCUT2D eigenvalue weighted by Gasteiger charge is -2.16. The smallest absolute Gasteiger partial charge is 0.274 e. The third kappa shape index (κ3) is 2.80. The van der Waals surface area contributed by atoms with E-state index in [-0.39, 0.29) is 23.6 Å². The van der Waals surface area contributed by atoms with Crippen molar-refractivity contribution in [2.75, 3.05) is 11.9 Å². The molecule has 108 valence electrons. The fraction of sp³-hybridized carbons (Fsp3) is 0.500. The van der Waals surface area contributed by atoms with Crippen molar-refractivity contribution in [3.05, 3.63) is 33.4 Å². The molecule has 0 aliphatic carbocycles.